The number of esters is 1. The lowest BCUT2D eigenvalue weighted by Gasteiger charge is -2.39. The van der Waals surface area contributed by atoms with Gasteiger partial charge in [-0.15, -0.1) is 13.2 Å². The SMILES string of the molecule is C=CCCCOC(=O)[C@@H]1[C@H]2C(=O)N([C@@H](CO)Cc3ccccc3)C(C(=O)N(CC=C)Cc3ccccc3)C23CC[C@H]1O3. The van der Waals surface area contributed by atoms with Gasteiger partial charge in [0.25, 0.3) is 0 Å². The molecule has 2 amide bonds. The van der Waals surface area contributed by atoms with Crippen LogP contribution in [0.2, 0.25) is 0 Å². The first-order chi connectivity index (χ1) is 20.4. The summed E-state index contributed by atoms with van der Waals surface area (Å²) in [5, 5.41) is 10.6. The zero-order chi connectivity index (χ0) is 29.7. The van der Waals surface area contributed by atoms with Crippen molar-refractivity contribution in [3.8, 4) is 0 Å². The lowest BCUT2D eigenvalue weighted by atomic mass is 9.70. The number of unbranched alkanes of at least 4 members (excludes halogenated alkanes) is 1. The lowest BCUT2D eigenvalue weighted by Crippen LogP contribution is -2.59. The van der Waals surface area contributed by atoms with Crippen molar-refractivity contribution < 1.29 is 29.0 Å². The first kappa shape index (κ1) is 29.7. The summed E-state index contributed by atoms with van der Waals surface area (Å²) in [5.41, 5.74) is 0.697. The van der Waals surface area contributed by atoms with Crippen molar-refractivity contribution in [2.45, 2.75) is 62.4 Å². The summed E-state index contributed by atoms with van der Waals surface area (Å²) in [5.74, 6) is -2.73. The van der Waals surface area contributed by atoms with Gasteiger partial charge in [-0.25, -0.2) is 0 Å². The van der Waals surface area contributed by atoms with E-state index in [1.54, 1.807) is 17.1 Å². The smallest absolute Gasteiger partial charge is 0.312 e. The maximum Gasteiger partial charge on any atom is 0.312 e. The highest BCUT2D eigenvalue weighted by Crippen LogP contribution is 2.59. The molecular formula is C34H40N2O6. The number of fused-ring (bicyclic) bond motifs is 1. The highest BCUT2D eigenvalue weighted by Gasteiger charge is 2.75. The van der Waals surface area contributed by atoms with E-state index in [1.165, 1.54) is 4.90 Å². The minimum Gasteiger partial charge on any atom is -0.465 e. The summed E-state index contributed by atoms with van der Waals surface area (Å²) in [7, 11) is 0. The van der Waals surface area contributed by atoms with Gasteiger partial charge in [0.15, 0.2) is 0 Å². The van der Waals surface area contributed by atoms with Gasteiger partial charge < -0.3 is 24.4 Å². The fourth-order valence-electron chi connectivity index (χ4n) is 7.03. The van der Waals surface area contributed by atoms with Crippen molar-refractivity contribution in [1.29, 1.82) is 0 Å². The largest absolute Gasteiger partial charge is 0.465 e. The van der Waals surface area contributed by atoms with Crippen LogP contribution in [0.3, 0.4) is 0 Å². The molecule has 2 aromatic rings. The van der Waals surface area contributed by atoms with Gasteiger partial charge in [-0.2, -0.15) is 0 Å². The molecule has 2 aromatic carbocycles. The van der Waals surface area contributed by atoms with Gasteiger partial charge in [0, 0.05) is 13.1 Å². The summed E-state index contributed by atoms with van der Waals surface area (Å²) in [6.07, 6.45) is 5.68. The van der Waals surface area contributed by atoms with E-state index in [0.717, 1.165) is 11.1 Å². The number of nitrogens with zero attached hydrogens (tertiary/aromatic N) is 2. The van der Waals surface area contributed by atoms with Crippen molar-refractivity contribution in [2.24, 2.45) is 11.8 Å². The highest BCUT2D eigenvalue weighted by atomic mass is 16.6. The number of aliphatic hydroxyl groups excluding tert-OH is 1. The lowest BCUT2D eigenvalue weighted by molar-refractivity contribution is -0.156. The molecule has 222 valence electrons. The standard InChI is InChI=1S/C34H40N2O6/c1-3-5-12-20-41-33(40)28-27-17-18-34(42-27)29(28)31(38)36(26(23-37)21-24-13-8-6-9-14-24)30(34)32(39)35(19-4-2)22-25-15-10-7-11-16-25/h3-4,6-11,13-16,26-30,37H,1-2,5,12,17-23H2/t26-,27-,28+,29+,30?,34?/m1/s1. The van der Waals surface area contributed by atoms with Crippen LogP contribution in [0.4, 0.5) is 0 Å². The normalized spacial score (nSPS) is 26.5. The highest BCUT2D eigenvalue weighted by molar-refractivity contribution is 5.98. The van der Waals surface area contributed by atoms with Crippen molar-refractivity contribution in [3.05, 3.63) is 97.1 Å². The number of aliphatic hydroxyl groups is 1. The van der Waals surface area contributed by atoms with Gasteiger partial charge >= 0.3 is 5.97 Å². The van der Waals surface area contributed by atoms with Crippen LogP contribution < -0.4 is 0 Å². The van der Waals surface area contributed by atoms with E-state index >= 15 is 0 Å². The number of ether oxygens (including phenoxy) is 2. The van der Waals surface area contributed by atoms with Crippen LogP contribution in [0.15, 0.2) is 86.0 Å². The van der Waals surface area contributed by atoms with Gasteiger partial charge in [-0.1, -0.05) is 72.8 Å². The maximum atomic E-state index is 14.6. The molecule has 0 aliphatic carbocycles. The fraction of sp³-hybridized carbons (Fsp3) is 0.441. The molecule has 8 nitrogen and oxygen atoms in total. The molecular weight excluding hydrogens is 532 g/mol. The van der Waals surface area contributed by atoms with Gasteiger partial charge in [-0.3, -0.25) is 14.4 Å². The Balaban J connectivity index is 1.51. The predicted molar refractivity (Wildman–Crippen MR) is 158 cm³/mol. The third-order valence-corrected chi connectivity index (χ3v) is 8.84. The van der Waals surface area contributed by atoms with E-state index in [1.807, 2.05) is 60.7 Å². The Bertz CT molecular complexity index is 1280. The molecule has 3 aliphatic rings. The Hall–Kier alpha value is -3.75. The number of hydrogen-bond acceptors (Lipinski definition) is 6. The molecule has 3 aliphatic heterocycles. The second-order valence-corrected chi connectivity index (χ2v) is 11.4. The van der Waals surface area contributed by atoms with Crippen LogP contribution in [0.5, 0.6) is 0 Å². The topological polar surface area (TPSA) is 96.4 Å². The molecule has 8 heteroatoms. The van der Waals surface area contributed by atoms with Crippen LogP contribution in [-0.4, -0.2) is 76.2 Å². The molecule has 42 heavy (non-hydrogen) atoms. The third kappa shape index (κ3) is 5.53. The summed E-state index contributed by atoms with van der Waals surface area (Å²) in [6.45, 7) is 8.06. The van der Waals surface area contributed by atoms with Crippen molar-refractivity contribution >= 4 is 17.8 Å². The monoisotopic (exact) mass is 572 g/mol. The van der Waals surface area contributed by atoms with Gasteiger partial charge in [0.1, 0.15) is 11.6 Å². The van der Waals surface area contributed by atoms with Crippen molar-refractivity contribution in [2.75, 3.05) is 19.8 Å². The second-order valence-electron chi connectivity index (χ2n) is 11.4. The maximum absolute atomic E-state index is 14.6. The van der Waals surface area contributed by atoms with E-state index in [-0.39, 0.29) is 31.6 Å². The minimum absolute atomic E-state index is 0.228. The minimum atomic E-state index is -1.18. The van der Waals surface area contributed by atoms with E-state index in [2.05, 4.69) is 13.2 Å². The van der Waals surface area contributed by atoms with Crippen LogP contribution >= 0.6 is 0 Å². The molecule has 5 rings (SSSR count). The van der Waals surface area contributed by atoms with Crippen molar-refractivity contribution in [3.63, 3.8) is 0 Å². The third-order valence-electron chi connectivity index (χ3n) is 8.84. The Labute approximate surface area is 247 Å². The Kier molecular flexibility index (Phi) is 9.24. The summed E-state index contributed by atoms with van der Waals surface area (Å²) < 4.78 is 12.2. The molecule has 1 N–H and O–H groups in total. The zero-order valence-electron chi connectivity index (χ0n) is 24.0. The quantitative estimate of drug-likeness (QED) is 0.211. The Morgan fingerprint density at radius 3 is 2.43 bits per heavy atom. The average molecular weight is 573 g/mol. The van der Waals surface area contributed by atoms with Crippen LogP contribution in [0.25, 0.3) is 0 Å². The second kappa shape index (κ2) is 13.0. The number of benzene rings is 2. The molecule has 6 atom stereocenters. The number of allylic oxidation sites excluding steroid dienone is 1. The molecule has 1 spiro atoms. The van der Waals surface area contributed by atoms with E-state index < -0.39 is 41.6 Å². The number of rotatable bonds is 14. The fourth-order valence-corrected chi connectivity index (χ4v) is 7.03. The van der Waals surface area contributed by atoms with E-state index in [4.69, 9.17) is 9.47 Å². The van der Waals surface area contributed by atoms with Gasteiger partial charge in [-0.05, 0) is 43.2 Å². The number of hydrogen-bond donors (Lipinski definition) is 1. The first-order valence-electron chi connectivity index (χ1n) is 14.8. The van der Waals surface area contributed by atoms with Crippen LogP contribution in [-0.2, 0) is 36.8 Å². The van der Waals surface area contributed by atoms with E-state index in [9.17, 15) is 19.5 Å². The number of carbonyl (C=O) groups excluding carboxylic acids is 3. The summed E-state index contributed by atoms with van der Waals surface area (Å²) in [4.78, 5) is 45.7. The molecule has 3 heterocycles. The number of carbonyl (C=O) groups is 3. The first-order valence-corrected chi connectivity index (χ1v) is 14.8. The van der Waals surface area contributed by atoms with E-state index in [0.29, 0.717) is 38.6 Å². The number of amides is 2. The number of likely N-dealkylation sites (tertiary alicyclic amines) is 1. The summed E-state index contributed by atoms with van der Waals surface area (Å²) >= 11 is 0. The van der Waals surface area contributed by atoms with Crippen LogP contribution in [0, 0.1) is 11.8 Å². The Morgan fingerprint density at radius 1 is 1.10 bits per heavy atom. The summed E-state index contributed by atoms with van der Waals surface area (Å²) in [6, 6.07) is 17.6. The molecule has 3 saturated heterocycles. The molecule has 0 aromatic heterocycles. The van der Waals surface area contributed by atoms with Gasteiger partial charge in [0.05, 0.1) is 37.2 Å². The molecule has 2 bridgehead atoms. The molecule has 2 unspecified atom stereocenters. The molecule has 3 fully saturated rings. The van der Waals surface area contributed by atoms with Crippen molar-refractivity contribution in [1.82, 2.24) is 9.80 Å². The zero-order valence-corrected chi connectivity index (χ0v) is 24.0. The molecule has 0 saturated carbocycles. The Morgan fingerprint density at radius 2 is 1.79 bits per heavy atom. The van der Waals surface area contributed by atoms with Gasteiger partial charge in [0.2, 0.25) is 11.8 Å². The molecule has 0 radical (unpaired) electrons. The predicted octanol–water partition coefficient (Wildman–Crippen LogP) is 3.69. The average Bonchev–Trinajstić information content (AvgIpc) is 3.66. The van der Waals surface area contributed by atoms with Crippen LogP contribution in [0.1, 0.15) is 36.8 Å².